The highest BCUT2D eigenvalue weighted by Crippen LogP contribution is 2.31. The first-order valence-electron chi connectivity index (χ1n) is 10.2. The van der Waals surface area contributed by atoms with Crippen LogP contribution in [0.3, 0.4) is 0 Å². The molecule has 2 aromatic heterocycles. The summed E-state index contributed by atoms with van der Waals surface area (Å²) in [5.74, 6) is 0.440. The van der Waals surface area contributed by atoms with Gasteiger partial charge >= 0.3 is 0 Å². The molecule has 0 saturated carbocycles. The molecule has 0 radical (unpaired) electrons. The zero-order valence-electron chi connectivity index (χ0n) is 16.3. The lowest BCUT2D eigenvalue weighted by atomic mass is 9.93. The van der Waals surface area contributed by atoms with Gasteiger partial charge in [-0.3, -0.25) is 9.69 Å². The van der Waals surface area contributed by atoms with Crippen LogP contribution in [0.15, 0.2) is 54.9 Å². The minimum Gasteiger partial charge on any atom is -0.334 e. The molecule has 2 bridgehead atoms. The largest absolute Gasteiger partial charge is 0.334 e. The number of piperidine rings is 1. The van der Waals surface area contributed by atoms with Gasteiger partial charge in [-0.1, -0.05) is 30.3 Å². The Morgan fingerprint density at radius 2 is 1.93 bits per heavy atom. The van der Waals surface area contributed by atoms with E-state index in [1.165, 1.54) is 11.1 Å². The summed E-state index contributed by atoms with van der Waals surface area (Å²) in [5, 5.41) is 0. The smallest absolute Gasteiger partial charge is 0.227 e. The van der Waals surface area contributed by atoms with Crippen LogP contribution in [-0.2, 0) is 17.9 Å². The van der Waals surface area contributed by atoms with E-state index in [9.17, 15) is 4.79 Å². The van der Waals surface area contributed by atoms with E-state index in [0.29, 0.717) is 11.9 Å². The van der Waals surface area contributed by atoms with Crippen molar-refractivity contribution in [2.45, 2.75) is 38.9 Å². The minimum atomic E-state index is 0.113. The minimum absolute atomic E-state index is 0.113. The van der Waals surface area contributed by atoms with Crippen molar-refractivity contribution in [3.05, 3.63) is 71.7 Å². The summed E-state index contributed by atoms with van der Waals surface area (Å²) in [7, 11) is 0. The summed E-state index contributed by atoms with van der Waals surface area (Å²) in [6.45, 7) is 5.39. The molecule has 6 rings (SSSR count). The second-order valence-corrected chi connectivity index (χ2v) is 8.28. The third-order valence-electron chi connectivity index (χ3n) is 6.12. The van der Waals surface area contributed by atoms with E-state index in [4.69, 9.17) is 4.98 Å². The highest BCUT2D eigenvalue weighted by atomic mass is 16.2. The molecule has 5 nitrogen and oxygen atoms in total. The normalized spacial score (nSPS) is 22.8. The molecule has 28 heavy (non-hydrogen) atoms. The first kappa shape index (κ1) is 17.4. The van der Waals surface area contributed by atoms with Crippen molar-refractivity contribution in [2.75, 3.05) is 13.1 Å². The second-order valence-electron chi connectivity index (χ2n) is 8.28. The summed E-state index contributed by atoms with van der Waals surface area (Å²) >= 11 is 0. The van der Waals surface area contributed by atoms with Crippen LogP contribution in [0.4, 0.5) is 0 Å². The molecule has 144 valence electrons. The molecular formula is C23H26N4O. The molecule has 5 heteroatoms. The van der Waals surface area contributed by atoms with Crippen LogP contribution < -0.4 is 0 Å². The Morgan fingerprint density at radius 1 is 1.07 bits per heavy atom. The van der Waals surface area contributed by atoms with Crippen LogP contribution in [0.1, 0.15) is 29.7 Å². The Kier molecular flexibility index (Phi) is 4.40. The molecule has 1 aromatic carbocycles. The first-order valence-corrected chi connectivity index (χ1v) is 10.2. The number of imidazole rings is 1. The number of pyridine rings is 1. The lowest BCUT2D eigenvalue weighted by molar-refractivity contribution is -0.140. The van der Waals surface area contributed by atoms with E-state index >= 15 is 0 Å². The Hall–Kier alpha value is -2.66. The summed E-state index contributed by atoms with van der Waals surface area (Å²) in [6, 6.07) is 14.9. The molecule has 3 aliphatic heterocycles. The Morgan fingerprint density at radius 3 is 2.79 bits per heavy atom. The number of nitrogens with zero attached hydrogens (tertiary/aromatic N) is 4. The number of hydrogen-bond donors (Lipinski definition) is 0. The molecule has 0 N–H and O–H groups in total. The van der Waals surface area contributed by atoms with Crippen LogP contribution in [-0.4, -0.2) is 44.2 Å². The van der Waals surface area contributed by atoms with Crippen LogP contribution in [0.5, 0.6) is 0 Å². The number of carbonyl (C=O) groups is 1. The van der Waals surface area contributed by atoms with Crippen molar-refractivity contribution < 1.29 is 4.79 Å². The fourth-order valence-corrected chi connectivity index (χ4v) is 4.69. The highest BCUT2D eigenvalue weighted by molar-refractivity contribution is 5.80. The van der Waals surface area contributed by atoms with E-state index in [-0.39, 0.29) is 5.92 Å². The molecule has 3 aromatic rings. The van der Waals surface area contributed by atoms with Gasteiger partial charge in [-0.15, -0.1) is 0 Å². The number of aryl methyl sites for hydroxylation is 1. The molecule has 0 unspecified atom stereocenters. The number of fused-ring (bicyclic) bond motifs is 5. The average molecular weight is 374 g/mol. The number of hydrogen-bond acceptors (Lipinski definition) is 3. The number of aromatic nitrogens is 2. The third-order valence-corrected chi connectivity index (χ3v) is 6.12. The van der Waals surface area contributed by atoms with Crippen molar-refractivity contribution in [1.82, 2.24) is 19.2 Å². The maximum absolute atomic E-state index is 13.1. The van der Waals surface area contributed by atoms with Gasteiger partial charge in [-0.05, 0) is 43.0 Å². The molecule has 0 aliphatic carbocycles. The van der Waals surface area contributed by atoms with E-state index in [2.05, 4.69) is 57.8 Å². The molecule has 3 fully saturated rings. The highest BCUT2D eigenvalue weighted by Gasteiger charge is 2.40. The van der Waals surface area contributed by atoms with Gasteiger partial charge < -0.3 is 9.30 Å². The summed E-state index contributed by atoms with van der Waals surface area (Å²) in [4.78, 5) is 22.4. The fourth-order valence-electron chi connectivity index (χ4n) is 4.69. The number of rotatable bonds is 4. The fraction of sp³-hybridized carbons (Fsp3) is 0.391. The van der Waals surface area contributed by atoms with Crippen molar-refractivity contribution >= 4 is 11.6 Å². The monoisotopic (exact) mass is 374 g/mol. The molecule has 2 atom stereocenters. The zero-order valence-corrected chi connectivity index (χ0v) is 16.3. The Bertz CT molecular complexity index is 996. The molecule has 3 aliphatic rings. The third kappa shape index (κ3) is 3.31. The molecule has 5 heterocycles. The van der Waals surface area contributed by atoms with Crippen LogP contribution in [0.2, 0.25) is 0 Å². The molecule has 0 spiro atoms. The number of amides is 1. The predicted octanol–water partition coefficient (Wildman–Crippen LogP) is 3.27. The topological polar surface area (TPSA) is 40.9 Å². The van der Waals surface area contributed by atoms with Crippen molar-refractivity contribution in [1.29, 1.82) is 0 Å². The number of benzene rings is 1. The van der Waals surface area contributed by atoms with Gasteiger partial charge in [0.2, 0.25) is 5.91 Å². The zero-order chi connectivity index (χ0) is 19.1. The van der Waals surface area contributed by atoms with Crippen molar-refractivity contribution in [3.8, 4) is 0 Å². The molecule has 3 saturated heterocycles. The molecular weight excluding hydrogens is 348 g/mol. The quantitative estimate of drug-likeness (QED) is 0.704. The molecule has 1 amide bonds. The lowest BCUT2D eigenvalue weighted by Crippen LogP contribution is -2.47. The average Bonchev–Trinajstić information content (AvgIpc) is 2.90. The van der Waals surface area contributed by atoms with Gasteiger partial charge in [0.05, 0.1) is 11.6 Å². The van der Waals surface area contributed by atoms with Crippen LogP contribution in [0, 0.1) is 12.8 Å². The van der Waals surface area contributed by atoms with E-state index < -0.39 is 0 Å². The number of carbonyl (C=O) groups excluding carboxylic acids is 1. The van der Waals surface area contributed by atoms with E-state index in [0.717, 1.165) is 50.4 Å². The van der Waals surface area contributed by atoms with Crippen LogP contribution >= 0.6 is 0 Å². The maximum Gasteiger partial charge on any atom is 0.227 e. The van der Waals surface area contributed by atoms with Gasteiger partial charge in [0, 0.05) is 44.6 Å². The van der Waals surface area contributed by atoms with Crippen molar-refractivity contribution in [3.63, 3.8) is 0 Å². The maximum atomic E-state index is 13.1. The second kappa shape index (κ2) is 7.06. The summed E-state index contributed by atoms with van der Waals surface area (Å²) < 4.78 is 2.08. The van der Waals surface area contributed by atoms with E-state index in [1.54, 1.807) is 0 Å². The van der Waals surface area contributed by atoms with E-state index in [1.807, 2.05) is 18.2 Å². The van der Waals surface area contributed by atoms with Gasteiger partial charge in [0.15, 0.2) is 0 Å². The van der Waals surface area contributed by atoms with Crippen LogP contribution in [0.25, 0.3) is 5.65 Å². The van der Waals surface area contributed by atoms with Gasteiger partial charge in [-0.2, -0.15) is 0 Å². The summed E-state index contributed by atoms with van der Waals surface area (Å²) in [6.07, 6.45) is 6.29. The Labute approximate surface area is 165 Å². The van der Waals surface area contributed by atoms with Gasteiger partial charge in [0.25, 0.3) is 0 Å². The SMILES string of the molecule is Cc1ccn2cc(CN3C[C@H]4CC[C@@H](C3)N(Cc3ccccc3)C4=O)nc2c1. The lowest BCUT2D eigenvalue weighted by Gasteiger charge is -2.36. The first-order chi connectivity index (χ1) is 13.7. The Balaban J connectivity index is 1.34. The van der Waals surface area contributed by atoms with Gasteiger partial charge in [-0.25, -0.2) is 4.98 Å². The standard InChI is InChI=1S/C23H26N4O/c1-17-9-10-26-15-20(24-22(26)11-17)14-25-13-19-7-8-21(16-25)27(23(19)28)12-18-5-3-2-4-6-18/h2-6,9-11,15,19,21H,7-8,12-14,16H2,1H3/t19-,21+/m1/s1. The van der Waals surface area contributed by atoms with Crippen molar-refractivity contribution in [2.24, 2.45) is 5.92 Å². The summed E-state index contributed by atoms with van der Waals surface area (Å²) in [5.41, 5.74) is 4.51. The van der Waals surface area contributed by atoms with Gasteiger partial charge in [0.1, 0.15) is 5.65 Å². The predicted molar refractivity (Wildman–Crippen MR) is 109 cm³/mol.